The summed E-state index contributed by atoms with van der Waals surface area (Å²) in [6.07, 6.45) is 6.18. The van der Waals surface area contributed by atoms with Crippen molar-refractivity contribution in [1.82, 2.24) is 9.97 Å². The minimum absolute atomic E-state index is 0.806. The largest absolute Gasteiger partial charge is 0.545 e. The Kier molecular flexibility index (Phi) is 3.05. The molecule has 2 aromatic heterocycles. The van der Waals surface area contributed by atoms with Crippen molar-refractivity contribution >= 4 is 23.1 Å². The lowest BCUT2D eigenvalue weighted by molar-refractivity contribution is -0.297. The predicted octanol–water partition coefficient (Wildman–Crippen LogP) is 1.99. The molecule has 0 radical (unpaired) electrons. The Hall–Kier alpha value is -2.88. The number of rotatable bonds is 3. The van der Waals surface area contributed by atoms with Gasteiger partial charge in [-0.3, -0.25) is 0 Å². The highest BCUT2D eigenvalue weighted by Crippen LogP contribution is 2.23. The summed E-state index contributed by atoms with van der Waals surface area (Å²) in [5.74, 6) is -1.20. The number of pyridine rings is 1. The first kappa shape index (κ1) is 12.2. The molecule has 4 nitrogen and oxygen atoms in total. The van der Waals surface area contributed by atoms with Gasteiger partial charge in [-0.15, -0.1) is 0 Å². The Bertz CT molecular complexity index is 803. The average Bonchev–Trinajstić information content (AvgIpc) is 2.93. The number of carbonyl (C=O) groups is 1. The van der Waals surface area contributed by atoms with Gasteiger partial charge in [0.15, 0.2) is 0 Å². The van der Waals surface area contributed by atoms with Gasteiger partial charge in [-0.2, -0.15) is 0 Å². The molecule has 0 unspecified atom stereocenters. The fraction of sp³-hybridized carbons (Fsp3) is 0. The van der Waals surface area contributed by atoms with Crippen LogP contribution in [-0.4, -0.2) is 15.9 Å². The Balaban J connectivity index is 2.00. The van der Waals surface area contributed by atoms with Gasteiger partial charge < -0.3 is 14.9 Å². The van der Waals surface area contributed by atoms with Crippen LogP contribution < -0.4 is 5.11 Å². The zero-order chi connectivity index (χ0) is 13.9. The van der Waals surface area contributed by atoms with Crippen LogP contribution in [0.5, 0.6) is 0 Å². The van der Waals surface area contributed by atoms with Gasteiger partial charge in [0.2, 0.25) is 0 Å². The highest BCUT2D eigenvalue weighted by atomic mass is 16.4. The van der Waals surface area contributed by atoms with E-state index in [-0.39, 0.29) is 0 Å². The van der Waals surface area contributed by atoms with Gasteiger partial charge in [0, 0.05) is 23.3 Å². The number of hydrogen-bond acceptors (Lipinski definition) is 3. The van der Waals surface area contributed by atoms with E-state index in [0.717, 1.165) is 33.8 Å². The number of aromatic nitrogens is 2. The van der Waals surface area contributed by atoms with Crippen LogP contribution in [0.4, 0.5) is 0 Å². The van der Waals surface area contributed by atoms with Crippen LogP contribution in [0, 0.1) is 0 Å². The highest BCUT2D eigenvalue weighted by Gasteiger charge is 2.01. The summed E-state index contributed by atoms with van der Waals surface area (Å²) in [5.41, 5.74) is 3.63. The van der Waals surface area contributed by atoms with Crippen molar-refractivity contribution in [2.24, 2.45) is 0 Å². The molecule has 0 atom stereocenters. The zero-order valence-electron chi connectivity index (χ0n) is 10.5. The number of nitrogens with zero attached hydrogens (tertiary/aromatic N) is 1. The number of nitrogens with one attached hydrogen (secondary N) is 1. The molecule has 0 spiro atoms. The summed E-state index contributed by atoms with van der Waals surface area (Å²) >= 11 is 0. The molecule has 0 saturated carbocycles. The SMILES string of the molecule is O=C([O-])/C=C/c1cccc(-c2cnc3[nH]ccc3c2)c1. The minimum Gasteiger partial charge on any atom is -0.545 e. The first-order chi connectivity index (χ1) is 9.72. The number of carboxylic acid groups (broad SMARTS) is 1. The maximum absolute atomic E-state index is 10.4. The average molecular weight is 263 g/mol. The number of hydrogen-bond donors (Lipinski definition) is 1. The molecule has 0 amide bonds. The Morgan fingerprint density at radius 1 is 1.20 bits per heavy atom. The van der Waals surface area contributed by atoms with Crippen LogP contribution in [-0.2, 0) is 4.79 Å². The quantitative estimate of drug-likeness (QED) is 0.735. The molecule has 3 rings (SSSR count). The predicted molar refractivity (Wildman–Crippen MR) is 75.6 cm³/mol. The van der Waals surface area contributed by atoms with Gasteiger partial charge in [-0.1, -0.05) is 24.3 Å². The molecule has 1 N–H and O–H groups in total. The lowest BCUT2D eigenvalue weighted by Gasteiger charge is -2.03. The Morgan fingerprint density at radius 3 is 2.95 bits per heavy atom. The van der Waals surface area contributed by atoms with E-state index >= 15 is 0 Å². The summed E-state index contributed by atoms with van der Waals surface area (Å²) in [6, 6.07) is 11.6. The fourth-order valence-electron chi connectivity index (χ4n) is 2.08. The van der Waals surface area contributed by atoms with Gasteiger partial charge >= 0.3 is 0 Å². The van der Waals surface area contributed by atoms with E-state index < -0.39 is 5.97 Å². The number of fused-ring (bicyclic) bond motifs is 1. The normalized spacial score (nSPS) is 11.2. The summed E-state index contributed by atoms with van der Waals surface area (Å²) in [4.78, 5) is 17.8. The maximum atomic E-state index is 10.4. The van der Waals surface area contributed by atoms with Gasteiger partial charge in [0.05, 0.1) is 5.97 Å². The molecule has 3 aromatic rings. The van der Waals surface area contributed by atoms with E-state index in [1.807, 2.05) is 42.6 Å². The smallest absolute Gasteiger partial charge is 0.137 e. The number of H-pyrrole nitrogens is 1. The minimum atomic E-state index is -1.20. The zero-order valence-corrected chi connectivity index (χ0v) is 10.5. The van der Waals surface area contributed by atoms with Gasteiger partial charge in [-0.05, 0) is 35.4 Å². The third-order valence-corrected chi connectivity index (χ3v) is 3.03. The van der Waals surface area contributed by atoms with E-state index in [4.69, 9.17) is 0 Å². The molecule has 0 bridgehead atoms. The van der Waals surface area contributed by atoms with Gasteiger partial charge in [0.1, 0.15) is 5.65 Å². The van der Waals surface area contributed by atoms with Crippen molar-refractivity contribution in [3.63, 3.8) is 0 Å². The molecule has 1 aromatic carbocycles. The van der Waals surface area contributed by atoms with Crippen LogP contribution in [0.25, 0.3) is 28.2 Å². The lowest BCUT2D eigenvalue weighted by Crippen LogP contribution is -2.18. The number of aromatic amines is 1. The summed E-state index contributed by atoms with van der Waals surface area (Å²) in [6.45, 7) is 0. The van der Waals surface area contributed by atoms with E-state index in [1.165, 1.54) is 6.08 Å². The molecule has 0 saturated heterocycles. The van der Waals surface area contributed by atoms with E-state index in [0.29, 0.717) is 0 Å². The first-order valence-corrected chi connectivity index (χ1v) is 6.15. The standard InChI is InChI=1S/C16H12N2O2/c19-15(20)5-4-11-2-1-3-12(8-11)14-9-13-6-7-17-16(13)18-10-14/h1-10H,(H,17,18)(H,19,20)/p-1/b5-4+. The Labute approximate surface area is 115 Å². The first-order valence-electron chi connectivity index (χ1n) is 6.15. The van der Waals surface area contributed by atoms with Crippen molar-refractivity contribution < 1.29 is 9.90 Å². The second kappa shape index (κ2) is 5.01. The molecule has 2 heterocycles. The molecule has 0 aliphatic heterocycles. The highest BCUT2D eigenvalue weighted by molar-refractivity contribution is 5.85. The van der Waals surface area contributed by atoms with Crippen molar-refractivity contribution in [3.8, 4) is 11.1 Å². The third-order valence-electron chi connectivity index (χ3n) is 3.03. The lowest BCUT2D eigenvalue weighted by atomic mass is 10.0. The van der Waals surface area contributed by atoms with Crippen molar-refractivity contribution in [3.05, 3.63) is 60.4 Å². The monoisotopic (exact) mass is 263 g/mol. The van der Waals surface area contributed by atoms with Crippen molar-refractivity contribution in [1.29, 1.82) is 0 Å². The van der Waals surface area contributed by atoms with Gasteiger partial charge in [0.25, 0.3) is 0 Å². The van der Waals surface area contributed by atoms with Crippen molar-refractivity contribution in [2.75, 3.05) is 0 Å². The van der Waals surface area contributed by atoms with Crippen LogP contribution in [0.2, 0.25) is 0 Å². The van der Waals surface area contributed by atoms with Crippen LogP contribution in [0.15, 0.2) is 54.9 Å². The number of carboxylic acids is 1. The second-order valence-electron chi connectivity index (χ2n) is 4.42. The molecular weight excluding hydrogens is 252 g/mol. The molecule has 0 aliphatic carbocycles. The molecule has 20 heavy (non-hydrogen) atoms. The number of aliphatic carboxylic acids is 1. The topological polar surface area (TPSA) is 68.8 Å². The Morgan fingerprint density at radius 2 is 2.10 bits per heavy atom. The molecular formula is C16H11N2O2-. The molecule has 0 aliphatic rings. The molecule has 98 valence electrons. The maximum Gasteiger partial charge on any atom is 0.137 e. The number of carbonyl (C=O) groups excluding carboxylic acids is 1. The summed E-state index contributed by atoms with van der Waals surface area (Å²) in [5, 5.41) is 11.5. The second-order valence-corrected chi connectivity index (χ2v) is 4.42. The fourth-order valence-corrected chi connectivity index (χ4v) is 2.08. The van der Waals surface area contributed by atoms with E-state index in [1.54, 1.807) is 6.20 Å². The van der Waals surface area contributed by atoms with Crippen molar-refractivity contribution in [2.45, 2.75) is 0 Å². The number of benzene rings is 1. The summed E-state index contributed by atoms with van der Waals surface area (Å²) < 4.78 is 0. The molecule has 4 heteroatoms. The van der Waals surface area contributed by atoms with E-state index in [2.05, 4.69) is 9.97 Å². The van der Waals surface area contributed by atoms with Crippen LogP contribution in [0.1, 0.15) is 5.56 Å². The molecule has 0 fully saturated rings. The van der Waals surface area contributed by atoms with Crippen LogP contribution >= 0.6 is 0 Å². The van der Waals surface area contributed by atoms with Crippen LogP contribution in [0.3, 0.4) is 0 Å². The van der Waals surface area contributed by atoms with E-state index in [9.17, 15) is 9.90 Å². The third kappa shape index (κ3) is 2.44. The summed E-state index contributed by atoms with van der Waals surface area (Å²) in [7, 11) is 0. The van der Waals surface area contributed by atoms with Gasteiger partial charge in [-0.25, -0.2) is 4.98 Å².